The van der Waals surface area contributed by atoms with Crippen LogP contribution in [0.1, 0.15) is 31.7 Å². The second-order valence-electron chi connectivity index (χ2n) is 5.47. The van der Waals surface area contributed by atoms with Gasteiger partial charge >= 0.3 is 0 Å². The topological polar surface area (TPSA) is 21.3 Å². The largest absolute Gasteiger partial charge is 0.378 e. The fourth-order valence-electron chi connectivity index (χ4n) is 2.89. The number of hydrogen-bond donors (Lipinski definition) is 1. The lowest BCUT2D eigenvalue weighted by atomic mass is 9.77. The van der Waals surface area contributed by atoms with Gasteiger partial charge in [-0.05, 0) is 63.3 Å². The molecule has 19 heavy (non-hydrogen) atoms. The molecule has 2 nitrogen and oxygen atoms in total. The third kappa shape index (κ3) is 4.48. The molecule has 1 aliphatic rings. The first-order valence-corrected chi connectivity index (χ1v) is 7.62. The van der Waals surface area contributed by atoms with Gasteiger partial charge in [0.2, 0.25) is 0 Å². The van der Waals surface area contributed by atoms with Gasteiger partial charge in [-0.2, -0.15) is 0 Å². The van der Waals surface area contributed by atoms with Crippen LogP contribution in [0.15, 0.2) is 24.3 Å². The Bertz CT molecular complexity index is 390. The Labute approximate surface area is 121 Å². The minimum atomic E-state index is 0.513. The molecule has 3 heteroatoms. The number of halogens is 1. The molecule has 0 bridgehead atoms. The molecule has 1 fully saturated rings. The van der Waals surface area contributed by atoms with Crippen LogP contribution in [0, 0.1) is 5.92 Å². The third-order valence-corrected chi connectivity index (χ3v) is 4.23. The Balaban J connectivity index is 1.78. The van der Waals surface area contributed by atoms with Crippen LogP contribution in [0.25, 0.3) is 0 Å². The average Bonchev–Trinajstić information content (AvgIpc) is 2.35. The minimum absolute atomic E-state index is 0.513. The van der Waals surface area contributed by atoms with E-state index >= 15 is 0 Å². The summed E-state index contributed by atoms with van der Waals surface area (Å²) in [5.41, 5.74) is 1.31. The molecule has 1 aromatic carbocycles. The smallest absolute Gasteiger partial charge is 0.0580 e. The monoisotopic (exact) mass is 281 g/mol. The predicted molar refractivity (Wildman–Crippen MR) is 80.8 cm³/mol. The molecule has 0 spiro atoms. The van der Waals surface area contributed by atoms with Gasteiger partial charge in [0.1, 0.15) is 0 Å². The van der Waals surface area contributed by atoms with Gasteiger partial charge < -0.3 is 10.1 Å². The summed E-state index contributed by atoms with van der Waals surface area (Å²) < 4.78 is 5.62. The number of likely N-dealkylation sites (N-methyl/N-ethyl adjacent to an activating group) is 1. The summed E-state index contributed by atoms with van der Waals surface area (Å²) in [5, 5.41) is 4.26. The Morgan fingerprint density at radius 3 is 2.84 bits per heavy atom. The van der Waals surface area contributed by atoms with Gasteiger partial charge in [0.15, 0.2) is 0 Å². The fraction of sp³-hybridized carbons (Fsp3) is 0.625. The molecule has 1 N–H and O–H groups in total. The standard InChI is InChI=1S/C16H24ClNO/c1-3-19-16-10-13(11-16)9-15(18-2)8-12-5-4-6-14(17)7-12/h4-7,13,15-16,18H,3,8-11H2,1-2H3. The van der Waals surface area contributed by atoms with Crippen molar-refractivity contribution in [3.63, 3.8) is 0 Å². The molecule has 1 aromatic rings. The van der Waals surface area contributed by atoms with E-state index in [1.54, 1.807) is 0 Å². The molecule has 0 radical (unpaired) electrons. The van der Waals surface area contributed by atoms with Crippen LogP contribution in [-0.4, -0.2) is 25.8 Å². The maximum absolute atomic E-state index is 6.03. The maximum atomic E-state index is 6.03. The van der Waals surface area contributed by atoms with Crippen molar-refractivity contribution < 1.29 is 4.74 Å². The summed E-state index contributed by atoms with van der Waals surface area (Å²) in [7, 11) is 2.05. The second-order valence-corrected chi connectivity index (χ2v) is 5.91. The number of rotatable bonds is 7. The Hall–Kier alpha value is -0.570. The van der Waals surface area contributed by atoms with Crippen molar-refractivity contribution in [2.45, 2.75) is 44.8 Å². The lowest BCUT2D eigenvalue weighted by Gasteiger charge is -2.37. The summed E-state index contributed by atoms with van der Waals surface area (Å²) in [6, 6.07) is 8.71. The van der Waals surface area contributed by atoms with Crippen LogP contribution in [0.3, 0.4) is 0 Å². The van der Waals surface area contributed by atoms with Gasteiger partial charge in [0.25, 0.3) is 0 Å². The molecular weight excluding hydrogens is 258 g/mol. The van der Waals surface area contributed by atoms with E-state index in [2.05, 4.69) is 24.4 Å². The maximum Gasteiger partial charge on any atom is 0.0580 e. The first-order valence-electron chi connectivity index (χ1n) is 7.24. The van der Waals surface area contributed by atoms with Crippen LogP contribution < -0.4 is 5.32 Å². The SMILES string of the molecule is CCOC1CC(CC(Cc2cccc(Cl)c2)NC)C1. The van der Waals surface area contributed by atoms with Gasteiger partial charge in [-0.1, -0.05) is 23.7 Å². The average molecular weight is 282 g/mol. The van der Waals surface area contributed by atoms with Crippen molar-refractivity contribution in [1.82, 2.24) is 5.32 Å². The highest BCUT2D eigenvalue weighted by Crippen LogP contribution is 2.34. The normalized spacial score (nSPS) is 23.9. The van der Waals surface area contributed by atoms with Gasteiger partial charge in [-0.25, -0.2) is 0 Å². The highest BCUT2D eigenvalue weighted by molar-refractivity contribution is 6.30. The first kappa shape index (κ1) is 14.8. The summed E-state index contributed by atoms with van der Waals surface area (Å²) in [6.07, 6.45) is 5.24. The Morgan fingerprint density at radius 1 is 1.42 bits per heavy atom. The van der Waals surface area contributed by atoms with Crippen molar-refractivity contribution in [1.29, 1.82) is 0 Å². The highest BCUT2D eigenvalue weighted by Gasteiger charge is 2.30. The molecule has 0 aromatic heterocycles. The molecule has 0 aliphatic heterocycles. The van der Waals surface area contributed by atoms with E-state index in [1.165, 1.54) is 24.8 Å². The van der Waals surface area contributed by atoms with Gasteiger partial charge in [-0.15, -0.1) is 0 Å². The van der Waals surface area contributed by atoms with Gasteiger partial charge in [0.05, 0.1) is 6.10 Å². The molecular formula is C16H24ClNO. The van der Waals surface area contributed by atoms with Crippen LogP contribution in [0.2, 0.25) is 5.02 Å². The molecule has 1 aliphatic carbocycles. The predicted octanol–water partition coefficient (Wildman–Crippen LogP) is 3.68. The molecule has 1 unspecified atom stereocenters. The van der Waals surface area contributed by atoms with Crippen LogP contribution >= 0.6 is 11.6 Å². The van der Waals surface area contributed by atoms with E-state index in [0.717, 1.165) is 24.0 Å². The molecule has 0 amide bonds. The van der Waals surface area contributed by atoms with Crippen molar-refractivity contribution in [3.05, 3.63) is 34.9 Å². The van der Waals surface area contributed by atoms with Crippen LogP contribution in [0.4, 0.5) is 0 Å². The Morgan fingerprint density at radius 2 is 2.21 bits per heavy atom. The van der Waals surface area contributed by atoms with Crippen molar-refractivity contribution >= 4 is 11.6 Å². The number of nitrogens with one attached hydrogen (secondary N) is 1. The third-order valence-electron chi connectivity index (χ3n) is 3.99. The zero-order valence-electron chi connectivity index (χ0n) is 11.9. The van der Waals surface area contributed by atoms with E-state index in [9.17, 15) is 0 Å². The van der Waals surface area contributed by atoms with E-state index < -0.39 is 0 Å². The quantitative estimate of drug-likeness (QED) is 0.823. The van der Waals surface area contributed by atoms with Crippen molar-refractivity contribution in [3.8, 4) is 0 Å². The lowest BCUT2D eigenvalue weighted by Crippen LogP contribution is -2.38. The lowest BCUT2D eigenvalue weighted by molar-refractivity contribution is -0.0288. The molecule has 2 rings (SSSR count). The molecule has 1 saturated carbocycles. The van der Waals surface area contributed by atoms with E-state index in [4.69, 9.17) is 16.3 Å². The molecule has 0 heterocycles. The Kier molecular flexibility index (Phi) is 5.68. The summed E-state index contributed by atoms with van der Waals surface area (Å²) in [5.74, 6) is 0.813. The van der Waals surface area contributed by atoms with E-state index in [1.807, 2.05) is 19.2 Å². The van der Waals surface area contributed by atoms with Crippen molar-refractivity contribution in [2.75, 3.05) is 13.7 Å². The van der Waals surface area contributed by atoms with Gasteiger partial charge in [0, 0.05) is 17.7 Å². The fourth-order valence-corrected chi connectivity index (χ4v) is 3.11. The van der Waals surface area contributed by atoms with Crippen LogP contribution in [-0.2, 0) is 11.2 Å². The molecule has 1 atom stereocenters. The first-order chi connectivity index (χ1) is 9.21. The number of benzene rings is 1. The van der Waals surface area contributed by atoms with Crippen molar-refractivity contribution in [2.24, 2.45) is 5.92 Å². The molecule has 106 valence electrons. The highest BCUT2D eigenvalue weighted by atomic mass is 35.5. The number of hydrogen-bond acceptors (Lipinski definition) is 2. The van der Waals surface area contributed by atoms with E-state index in [-0.39, 0.29) is 0 Å². The van der Waals surface area contributed by atoms with Crippen LogP contribution in [0.5, 0.6) is 0 Å². The van der Waals surface area contributed by atoms with E-state index in [0.29, 0.717) is 12.1 Å². The second kappa shape index (κ2) is 7.28. The summed E-state index contributed by atoms with van der Waals surface area (Å²) in [6.45, 7) is 2.91. The molecule has 0 saturated heterocycles. The minimum Gasteiger partial charge on any atom is -0.378 e. The summed E-state index contributed by atoms with van der Waals surface area (Å²) >= 11 is 6.03. The van der Waals surface area contributed by atoms with Gasteiger partial charge in [-0.3, -0.25) is 0 Å². The zero-order valence-corrected chi connectivity index (χ0v) is 12.6. The zero-order chi connectivity index (χ0) is 13.7. The number of ether oxygens (including phenoxy) is 1. The summed E-state index contributed by atoms with van der Waals surface area (Å²) in [4.78, 5) is 0.